The lowest BCUT2D eigenvalue weighted by atomic mass is 10.2. The van der Waals surface area contributed by atoms with Crippen molar-refractivity contribution in [2.24, 2.45) is 0 Å². The van der Waals surface area contributed by atoms with Gasteiger partial charge in [0.2, 0.25) is 5.91 Å². The van der Waals surface area contributed by atoms with Gasteiger partial charge in [0, 0.05) is 31.5 Å². The van der Waals surface area contributed by atoms with Crippen LogP contribution in [0.3, 0.4) is 0 Å². The van der Waals surface area contributed by atoms with E-state index in [1.807, 2.05) is 25.1 Å². The number of amides is 1. The molecule has 1 heterocycles. The number of rotatable bonds is 7. The van der Waals surface area contributed by atoms with Crippen molar-refractivity contribution in [1.29, 1.82) is 0 Å². The number of aliphatic hydroxyl groups is 1. The summed E-state index contributed by atoms with van der Waals surface area (Å²) in [6.07, 6.45) is 2.34. The minimum Gasteiger partial charge on any atom is -0.441 e. The molecule has 1 amide bonds. The first-order chi connectivity index (χ1) is 10.7. The second-order valence-corrected chi connectivity index (χ2v) is 5.20. The molecule has 5 nitrogen and oxygen atoms in total. The van der Waals surface area contributed by atoms with Gasteiger partial charge >= 0.3 is 0 Å². The normalized spacial score (nSPS) is 10.7. The Morgan fingerprint density at radius 2 is 2.18 bits per heavy atom. The summed E-state index contributed by atoms with van der Waals surface area (Å²) in [5.41, 5.74) is 0.782. The third-order valence-electron chi connectivity index (χ3n) is 3.35. The second kappa shape index (κ2) is 7.96. The van der Waals surface area contributed by atoms with E-state index in [0.717, 1.165) is 5.56 Å². The maximum atomic E-state index is 12.0. The summed E-state index contributed by atoms with van der Waals surface area (Å²) in [6, 6.07) is 7.37. The number of aryl methyl sites for hydroxylation is 1. The van der Waals surface area contributed by atoms with Crippen LogP contribution in [0.2, 0.25) is 5.02 Å². The minimum atomic E-state index is -0.0325. The number of hydrogen-bond donors (Lipinski definition) is 1. The molecule has 0 fully saturated rings. The van der Waals surface area contributed by atoms with Crippen molar-refractivity contribution < 1.29 is 14.3 Å². The van der Waals surface area contributed by atoms with Gasteiger partial charge in [-0.2, -0.15) is 0 Å². The average Bonchev–Trinajstić information content (AvgIpc) is 2.99. The quantitative estimate of drug-likeness (QED) is 0.851. The summed E-state index contributed by atoms with van der Waals surface area (Å²) in [4.78, 5) is 17.8. The number of oxazole rings is 1. The minimum absolute atomic E-state index is 0.0194. The molecule has 0 unspecified atom stereocenters. The molecule has 118 valence electrons. The topological polar surface area (TPSA) is 66.6 Å². The number of halogens is 1. The highest BCUT2D eigenvalue weighted by molar-refractivity contribution is 6.33. The molecule has 0 saturated carbocycles. The van der Waals surface area contributed by atoms with Crippen molar-refractivity contribution in [2.45, 2.75) is 19.8 Å². The van der Waals surface area contributed by atoms with Crippen molar-refractivity contribution in [1.82, 2.24) is 9.88 Å². The van der Waals surface area contributed by atoms with E-state index >= 15 is 0 Å². The van der Waals surface area contributed by atoms with Crippen LogP contribution in [-0.2, 0) is 11.2 Å². The zero-order chi connectivity index (χ0) is 15.9. The van der Waals surface area contributed by atoms with Gasteiger partial charge in [0.1, 0.15) is 0 Å². The van der Waals surface area contributed by atoms with Crippen LogP contribution in [0.5, 0.6) is 0 Å². The Morgan fingerprint density at radius 1 is 1.41 bits per heavy atom. The van der Waals surface area contributed by atoms with Gasteiger partial charge in [0.05, 0.1) is 17.8 Å². The Labute approximate surface area is 134 Å². The third-order valence-corrected chi connectivity index (χ3v) is 3.68. The highest BCUT2D eigenvalue weighted by atomic mass is 35.5. The van der Waals surface area contributed by atoms with Crippen LogP contribution in [0, 0.1) is 0 Å². The van der Waals surface area contributed by atoms with Crippen LogP contribution in [0.15, 0.2) is 34.9 Å². The molecule has 0 aliphatic heterocycles. The Bertz CT molecular complexity index is 627. The monoisotopic (exact) mass is 322 g/mol. The summed E-state index contributed by atoms with van der Waals surface area (Å²) >= 11 is 6.12. The Morgan fingerprint density at radius 3 is 2.86 bits per heavy atom. The van der Waals surface area contributed by atoms with Gasteiger partial charge in [0.25, 0.3) is 0 Å². The van der Waals surface area contributed by atoms with Crippen LogP contribution in [0.4, 0.5) is 0 Å². The molecule has 0 bridgehead atoms. The fourth-order valence-electron chi connectivity index (χ4n) is 2.16. The van der Waals surface area contributed by atoms with E-state index in [1.165, 1.54) is 0 Å². The van der Waals surface area contributed by atoms with Gasteiger partial charge < -0.3 is 14.4 Å². The second-order valence-electron chi connectivity index (χ2n) is 4.80. The van der Waals surface area contributed by atoms with Gasteiger partial charge in [-0.15, -0.1) is 0 Å². The van der Waals surface area contributed by atoms with Gasteiger partial charge in [-0.05, 0) is 19.1 Å². The Kier molecular flexibility index (Phi) is 5.98. The lowest BCUT2D eigenvalue weighted by Gasteiger charge is -2.19. The number of nitrogens with zero attached hydrogens (tertiary/aromatic N) is 2. The summed E-state index contributed by atoms with van der Waals surface area (Å²) in [5.74, 6) is 1.08. The molecule has 0 radical (unpaired) electrons. The maximum Gasteiger partial charge on any atom is 0.223 e. The zero-order valence-corrected chi connectivity index (χ0v) is 13.2. The van der Waals surface area contributed by atoms with E-state index in [1.54, 1.807) is 17.2 Å². The number of likely N-dealkylation sites (N-methyl/N-ethyl adjacent to an activating group) is 1. The summed E-state index contributed by atoms with van der Waals surface area (Å²) in [6.45, 7) is 2.78. The lowest BCUT2D eigenvalue weighted by molar-refractivity contribution is -0.131. The van der Waals surface area contributed by atoms with E-state index in [9.17, 15) is 4.79 Å². The largest absolute Gasteiger partial charge is 0.441 e. The molecule has 1 N–H and O–H groups in total. The summed E-state index contributed by atoms with van der Waals surface area (Å²) in [5, 5.41) is 9.52. The first-order valence-electron chi connectivity index (χ1n) is 7.24. The molecule has 2 aromatic rings. The van der Waals surface area contributed by atoms with Crippen molar-refractivity contribution in [3.8, 4) is 11.3 Å². The van der Waals surface area contributed by atoms with E-state index in [2.05, 4.69) is 4.98 Å². The fourth-order valence-corrected chi connectivity index (χ4v) is 2.39. The van der Waals surface area contributed by atoms with Gasteiger partial charge in [-0.3, -0.25) is 4.79 Å². The van der Waals surface area contributed by atoms with Crippen molar-refractivity contribution >= 4 is 17.5 Å². The van der Waals surface area contributed by atoms with Gasteiger partial charge in [-0.25, -0.2) is 4.98 Å². The van der Waals surface area contributed by atoms with Crippen molar-refractivity contribution in [3.05, 3.63) is 41.4 Å². The highest BCUT2D eigenvalue weighted by Crippen LogP contribution is 2.28. The van der Waals surface area contributed by atoms with Crippen LogP contribution >= 0.6 is 11.6 Å². The molecule has 22 heavy (non-hydrogen) atoms. The standard InChI is InChI=1S/C16H19ClN2O3/c1-2-19(9-10-20)16(21)8-7-15-18-11-14(22-15)12-5-3-4-6-13(12)17/h3-6,11,20H,2,7-10H2,1H3. The number of carbonyl (C=O) groups is 1. The number of benzene rings is 1. The number of aromatic nitrogens is 1. The first-order valence-corrected chi connectivity index (χ1v) is 7.61. The zero-order valence-electron chi connectivity index (χ0n) is 12.5. The predicted octanol–water partition coefficient (Wildman–Crippen LogP) is 2.77. The van der Waals surface area contributed by atoms with Crippen molar-refractivity contribution in [3.63, 3.8) is 0 Å². The SMILES string of the molecule is CCN(CCO)C(=O)CCc1ncc(-c2ccccc2Cl)o1. The molecular formula is C16H19ClN2O3. The van der Waals surface area contributed by atoms with Gasteiger partial charge in [0.15, 0.2) is 11.7 Å². The molecular weight excluding hydrogens is 304 g/mol. The molecule has 1 aromatic carbocycles. The Hall–Kier alpha value is -1.85. The fraction of sp³-hybridized carbons (Fsp3) is 0.375. The molecule has 2 rings (SSSR count). The molecule has 0 saturated heterocycles. The Balaban J connectivity index is 1.98. The first kappa shape index (κ1) is 16.5. The third kappa shape index (κ3) is 4.08. The smallest absolute Gasteiger partial charge is 0.223 e. The van der Waals surface area contributed by atoms with E-state index in [4.69, 9.17) is 21.1 Å². The lowest BCUT2D eigenvalue weighted by Crippen LogP contribution is -2.33. The maximum absolute atomic E-state index is 12.0. The molecule has 0 atom stereocenters. The number of aliphatic hydroxyl groups excluding tert-OH is 1. The summed E-state index contributed by atoms with van der Waals surface area (Å²) < 4.78 is 5.66. The molecule has 1 aromatic heterocycles. The molecule has 6 heteroatoms. The van der Waals surface area contributed by atoms with E-state index in [0.29, 0.717) is 42.6 Å². The van der Waals surface area contributed by atoms with E-state index < -0.39 is 0 Å². The highest BCUT2D eigenvalue weighted by Gasteiger charge is 2.14. The average molecular weight is 323 g/mol. The van der Waals surface area contributed by atoms with Crippen LogP contribution in [0.25, 0.3) is 11.3 Å². The molecule has 0 aliphatic carbocycles. The van der Waals surface area contributed by atoms with Crippen molar-refractivity contribution in [2.75, 3.05) is 19.7 Å². The van der Waals surface area contributed by atoms with E-state index in [-0.39, 0.29) is 12.5 Å². The molecule has 0 aliphatic rings. The number of carbonyl (C=O) groups excluding carboxylic acids is 1. The molecule has 0 spiro atoms. The van der Waals surface area contributed by atoms with Gasteiger partial charge in [-0.1, -0.05) is 23.7 Å². The van der Waals surface area contributed by atoms with Crippen LogP contribution < -0.4 is 0 Å². The summed E-state index contributed by atoms with van der Waals surface area (Å²) in [7, 11) is 0. The van der Waals surface area contributed by atoms with Crippen LogP contribution in [-0.4, -0.2) is 40.6 Å². The van der Waals surface area contributed by atoms with Crippen LogP contribution in [0.1, 0.15) is 19.2 Å². The predicted molar refractivity (Wildman–Crippen MR) is 84.6 cm³/mol. The number of hydrogen-bond acceptors (Lipinski definition) is 4.